The highest BCUT2D eigenvalue weighted by Gasteiger charge is 2.22. The van der Waals surface area contributed by atoms with Gasteiger partial charge in [0.2, 0.25) is 0 Å². The lowest BCUT2D eigenvalue weighted by atomic mass is 10.1. The molecular formula is C10H15NS. The summed E-state index contributed by atoms with van der Waals surface area (Å²) >= 11 is 1.79. The lowest BCUT2D eigenvalue weighted by Gasteiger charge is -2.11. The molecule has 0 aromatic carbocycles. The minimum Gasteiger partial charge on any atom is -0.311 e. The zero-order valence-electron chi connectivity index (χ0n) is 7.42. The first-order valence-corrected chi connectivity index (χ1v) is 5.56. The standard InChI is InChI=1S/C10H15NS/c1-8(11-10-2-3-10)6-9-4-5-12-7-9/h4-5,7-8,10-11H,2-3,6H2,1H3. The van der Waals surface area contributed by atoms with Crippen LogP contribution in [0.3, 0.4) is 0 Å². The van der Waals surface area contributed by atoms with Crippen molar-refractivity contribution in [3.05, 3.63) is 22.4 Å². The lowest BCUT2D eigenvalue weighted by molar-refractivity contribution is 0.543. The molecule has 1 aromatic heterocycles. The quantitative estimate of drug-likeness (QED) is 0.752. The molecule has 12 heavy (non-hydrogen) atoms. The van der Waals surface area contributed by atoms with E-state index in [4.69, 9.17) is 0 Å². The van der Waals surface area contributed by atoms with E-state index in [1.807, 2.05) is 0 Å². The predicted molar refractivity (Wildman–Crippen MR) is 53.6 cm³/mol. The fourth-order valence-electron chi connectivity index (χ4n) is 1.47. The van der Waals surface area contributed by atoms with Gasteiger partial charge in [0.25, 0.3) is 0 Å². The van der Waals surface area contributed by atoms with E-state index in [1.54, 1.807) is 11.3 Å². The van der Waals surface area contributed by atoms with Gasteiger partial charge in [0.15, 0.2) is 0 Å². The zero-order chi connectivity index (χ0) is 8.39. The molecule has 2 heteroatoms. The molecule has 1 nitrogen and oxygen atoms in total. The van der Waals surface area contributed by atoms with Crippen LogP contribution in [0.2, 0.25) is 0 Å². The summed E-state index contributed by atoms with van der Waals surface area (Å²) in [5.41, 5.74) is 1.47. The second-order valence-electron chi connectivity index (χ2n) is 3.68. The minimum absolute atomic E-state index is 0.645. The molecule has 0 bridgehead atoms. The van der Waals surface area contributed by atoms with E-state index in [0.29, 0.717) is 6.04 Å². The molecule has 1 unspecified atom stereocenters. The van der Waals surface area contributed by atoms with Crippen molar-refractivity contribution in [2.24, 2.45) is 0 Å². The molecule has 0 radical (unpaired) electrons. The molecule has 66 valence electrons. The zero-order valence-corrected chi connectivity index (χ0v) is 8.23. The molecule has 0 saturated heterocycles. The molecule has 1 aromatic rings. The van der Waals surface area contributed by atoms with Crippen LogP contribution >= 0.6 is 11.3 Å². The van der Waals surface area contributed by atoms with E-state index in [2.05, 4.69) is 29.1 Å². The van der Waals surface area contributed by atoms with Gasteiger partial charge in [-0.3, -0.25) is 0 Å². The molecule has 1 aliphatic carbocycles. The van der Waals surface area contributed by atoms with Crippen molar-refractivity contribution in [2.45, 2.75) is 38.3 Å². The molecule has 0 amide bonds. The molecule has 1 heterocycles. The van der Waals surface area contributed by atoms with Crippen LogP contribution in [-0.2, 0) is 6.42 Å². The summed E-state index contributed by atoms with van der Waals surface area (Å²) in [4.78, 5) is 0. The van der Waals surface area contributed by atoms with Crippen LogP contribution in [0.25, 0.3) is 0 Å². The summed E-state index contributed by atoms with van der Waals surface area (Å²) in [6.45, 7) is 2.27. The summed E-state index contributed by atoms with van der Waals surface area (Å²) in [7, 11) is 0. The average Bonchev–Trinajstić information content (AvgIpc) is 2.66. The first-order chi connectivity index (χ1) is 5.84. The van der Waals surface area contributed by atoms with Crippen LogP contribution in [0.4, 0.5) is 0 Å². The van der Waals surface area contributed by atoms with Gasteiger partial charge in [-0.1, -0.05) is 0 Å². The van der Waals surface area contributed by atoms with Crippen LogP contribution in [0.5, 0.6) is 0 Å². The molecule has 1 N–H and O–H groups in total. The third-order valence-electron chi connectivity index (χ3n) is 2.22. The lowest BCUT2D eigenvalue weighted by Crippen LogP contribution is -2.29. The Balaban J connectivity index is 1.77. The van der Waals surface area contributed by atoms with Crippen molar-refractivity contribution in [1.82, 2.24) is 5.32 Å². The maximum Gasteiger partial charge on any atom is 0.00820 e. The van der Waals surface area contributed by atoms with Crippen LogP contribution in [-0.4, -0.2) is 12.1 Å². The van der Waals surface area contributed by atoms with Crippen LogP contribution in [0.1, 0.15) is 25.3 Å². The van der Waals surface area contributed by atoms with Crippen LogP contribution < -0.4 is 5.32 Å². The number of hydrogen-bond acceptors (Lipinski definition) is 2. The van der Waals surface area contributed by atoms with E-state index in [0.717, 1.165) is 6.04 Å². The Hall–Kier alpha value is -0.340. The number of rotatable bonds is 4. The molecule has 1 saturated carbocycles. The van der Waals surface area contributed by atoms with Gasteiger partial charge in [-0.05, 0) is 48.6 Å². The molecule has 1 aliphatic rings. The first kappa shape index (κ1) is 8.27. The Morgan fingerprint density at radius 1 is 1.67 bits per heavy atom. The summed E-state index contributed by atoms with van der Waals surface area (Å²) in [5.74, 6) is 0. The van der Waals surface area contributed by atoms with Gasteiger partial charge in [0.05, 0.1) is 0 Å². The molecule has 1 atom stereocenters. The first-order valence-electron chi connectivity index (χ1n) is 4.62. The van der Waals surface area contributed by atoms with Gasteiger partial charge in [-0.25, -0.2) is 0 Å². The van der Waals surface area contributed by atoms with Crippen molar-refractivity contribution in [2.75, 3.05) is 0 Å². The number of nitrogens with one attached hydrogen (secondary N) is 1. The molecular weight excluding hydrogens is 166 g/mol. The van der Waals surface area contributed by atoms with Gasteiger partial charge >= 0.3 is 0 Å². The van der Waals surface area contributed by atoms with Crippen LogP contribution in [0.15, 0.2) is 16.8 Å². The summed E-state index contributed by atoms with van der Waals surface area (Å²) in [6, 6.07) is 3.70. The van der Waals surface area contributed by atoms with Gasteiger partial charge in [-0.2, -0.15) is 11.3 Å². The van der Waals surface area contributed by atoms with Crippen molar-refractivity contribution in [3.8, 4) is 0 Å². The Morgan fingerprint density at radius 2 is 2.50 bits per heavy atom. The van der Waals surface area contributed by atoms with E-state index in [1.165, 1.54) is 24.8 Å². The Kier molecular flexibility index (Phi) is 2.47. The molecule has 2 rings (SSSR count). The number of thiophene rings is 1. The largest absolute Gasteiger partial charge is 0.311 e. The van der Waals surface area contributed by atoms with E-state index in [9.17, 15) is 0 Å². The van der Waals surface area contributed by atoms with Crippen molar-refractivity contribution >= 4 is 11.3 Å². The maximum absolute atomic E-state index is 3.60. The fraction of sp³-hybridized carbons (Fsp3) is 0.600. The van der Waals surface area contributed by atoms with Gasteiger partial charge in [0, 0.05) is 12.1 Å². The SMILES string of the molecule is CC(Cc1ccsc1)NC1CC1. The van der Waals surface area contributed by atoms with Gasteiger partial charge in [-0.15, -0.1) is 0 Å². The molecule has 0 aliphatic heterocycles. The Morgan fingerprint density at radius 3 is 3.08 bits per heavy atom. The third-order valence-corrected chi connectivity index (χ3v) is 2.95. The van der Waals surface area contributed by atoms with E-state index in [-0.39, 0.29) is 0 Å². The van der Waals surface area contributed by atoms with E-state index < -0.39 is 0 Å². The topological polar surface area (TPSA) is 12.0 Å². The Labute approximate surface area is 77.8 Å². The second-order valence-corrected chi connectivity index (χ2v) is 4.46. The Bertz CT molecular complexity index is 226. The monoisotopic (exact) mass is 181 g/mol. The van der Waals surface area contributed by atoms with Gasteiger partial charge in [0.1, 0.15) is 0 Å². The highest BCUT2D eigenvalue weighted by molar-refractivity contribution is 7.07. The highest BCUT2D eigenvalue weighted by atomic mass is 32.1. The fourth-order valence-corrected chi connectivity index (χ4v) is 2.16. The smallest absolute Gasteiger partial charge is 0.00820 e. The predicted octanol–water partition coefficient (Wildman–Crippen LogP) is 2.43. The minimum atomic E-state index is 0.645. The highest BCUT2D eigenvalue weighted by Crippen LogP contribution is 2.20. The van der Waals surface area contributed by atoms with E-state index >= 15 is 0 Å². The van der Waals surface area contributed by atoms with Crippen molar-refractivity contribution < 1.29 is 0 Å². The summed E-state index contributed by atoms with van der Waals surface area (Å²) < 4.78 is 0. The molecule has 0 spiro atoms. The van der Waals surface area contributed by atoms with Crippen molar-refractivity contribution in [3.63, 3.8) is 0 Å². The maximum atomic E-state index is 3.60. The van der Waals surface area contributed by atoms with Crippen LogP contribution in [0, 0.1) is 0 Å². The average molecular weight is 181 g/mol. The number of hydrogen-bond donors (Lipinski definition) is 1. The molecule has 1 fully saturated rings. The summed E-state index contributed by atoms with van der Waals surface area (Å²) in [6.07, 6.45) is 3.95. The van der Waals surface area contributed by atoms with Crippen molar-refractivity contribution in [1.29, 1.82) is 0 Å². The summed E-state index contributed by atoms with van der Waals surface area (Å²) in [5, 5.41) is 7.99. The normalized spacial score (nSPS) is 19.4. The van der Waals surface area contributed by atoms with Gasteiger partial charge < -0.3 is 5.32 Å². The second kappa shape index (κ2) is 3.58. The third kappa shape index (κ3) is 2.32.